The third-order valence-corrected chi connectivity index (χ3v) is 11.9. The van der Waals surface area contributed by atoms with Gasteiger partial charge in [-0.1, -0.05) is 80.1 Å². The Kier molecular flexibility index (Phi) is 20.8. The summed E-state index contributed by atoms with van der Waals surface area (Å²) in [5, 5.41) is 0. The molecule has 0 saturated heterocycles. The highest BCUT2D eigenvalue weighted by molar-refractivity contribution is 7.81. The summed E-state index contributed by atoms with van der Waals surface area (Å²) in [4.78, 5) is 20.8. The first-order chi connectivity index (χ1) is 28.9. The zero-order chi connectivity index (χ0) is 43.5. The number of rotatable bonds is 12. The molecule has 7 rings (SSSR count). The molecule has 1 aliphatic heterocycles. The van der Waals surface area contributed by atoms with E-state index < -0.39 is 14.8 Å². The van der Waals surface area contributed by atoms with Gasteiger partial charge < -0.3 is 38.7 Å². The van der Waals surface area contributed by atoms with Gasteiger partial charge in [0.2, 0.25) is 11.9 Å². The number of fused-ring (bicyclic) bond motifs is 3. The summed E-state index contributed by atoms with van der Waals surface area (Å²) >= 11 is 5.02. The second-order valence-corrected chi connectivity index (χ2v) is 17.4. The average molecular weight is 915 g/mol. The summed E-state index contributed by atoms with van der Waals surface area (Å²) in [6.45, 7) is 0.168. The molecule has 326 valence electrons. The Morgan fingerprint density at radius 2 is 1.13 bits per heavy atom. The first-order valence-electron chi connectivity index (χ1n) is 18.7. The highest BCUT2D eigenvalue weighted by Crippen LogP contribution is 2.51. The van der Waals surface area contributed by atoms with E-state index in [1.807, 2.05) is 42.7 Å². The van der Waals surface area contributed by atoms with Crippen molar-refractivity contribution in [3.05, 3.63) is 127 Å². The van der Waals surface area contributed by atoms with Crippen LogP contribution in [0.1, 0.15) is 30.0 Å². The van der Waals surface area contributed by atoms with Gasteiger partial charge in [0.15, 0.2) is 12.4 Å². The predicted molar refractivity (Wildman–Crippen MR) is 234 cm³/mol. The summed E-state index contributed by atoms with van der Waals surface area (Å²) in [5.74, 6) is 1.40. The first kappa shape index (κ1) is 50.5. The van der Waals surface area contributed by atoms with E-state index in [4.69, 9.17) is 42.0 Å². The first-order valence-corrected chi connectivity index (χ1v) is 22.6. The zero-order valence-corrected chi connectivity index (χ0v) is 37.9. The fourth-order valence-corrected chi connectivity index (χ4v) is 6.66. The lowest BCUT2D eigenvalue weighted by atomic mass is 9.98. The van der Waals surface area contributed by atoms with Gasteiger partial charge in [0.1, 0.15) is 17.8 Å². The molecular formula is C41H51Cl2N9O7P2. The molecule has 0 unspecified atom stereocenters. The van der Waals surface area contributed by atoms with Crippen LogP contribution in [-0.2, 0) is 57.6 Å². The molecule has 61 heavy (non-hydrogen) atoms. The van der Waals surface area contributed by atoms with Gasteiger partial charge in [0.25, 0.3) is 0 Å². The standard InChI is InChI=1S/C14H18N3O4P.C13H15N3.C12H12N3.C2H6ClO3P.ClH/c1-19-22(18,20-2)21-8-7-11-5-3-4-6-12(11)13-9-17-14(15)10-16-13;1-2-5-10-6-3-4-7-11(10)12-8-16-13(14)9-15-12;13-12-8-15-6-5-9-3-1-2-4-10(9)11(15)7-14-12;1-5-7(3,4)6-2;/h3-6,9-10H,7-8H2,1-2H3,(H2,15,17);3-4,6-9H,2,5H2,1H3,(H2,14,16);1-4,7-8H,5-6H2,(H2,13,14);1-2H3;1H/q;;+1;;/p-1. The van der Waals surface area contributed by atoms with E-state index in [1.54, 1.807) is 18.6 Å². The van der Waals surface area contributed by atoms with Crippen molar-refractivity contribution in [1.29, 1.82) is 0 Å². The number of aryl methyl sites for hydroxylation is 3. The molecule has 6 N–H and O–H groups in total. The molecule has 0 atom stereocenters. The molecule has 0 saturated carbocycles. The summed E-state index contributed by atoms with van der Waals surface area (Å²) in [7, 11) is 1.54. The van der Waals surface area contributed by atoms with E-state index in [1.165, 1.54) is 51.3 Å². The van der Waals surface area contributed by atoms with Crippen LogP contribution in [0.5, 0.6) is 0 Å². The number of hydrogen-bond acceptors (Lipinski definition) is 15. The SMILES string of the molecule is CCCc1ccccc1-c1cnc(N)cn1.COP(=O)(Cl)OC.COP(=O)(OC)OCCc1ccccc1-c1cnc(N)cn1.Nc1c[n+]2c(cn1)-c1ccccc1CC2.[Cl-]. The molecule has 0 fully saturated rings. The highest BCUT2D eigenvalue weighted by Gasteiger charge is 2.23. The van der Waals surface area contributed by atoms with Gasteiger partial charge in [0, 0.05) is 57.2 Å². The zero-order valence-electron chi connectivity index (χ0n) is 34.6. The normalized spacial score (nSPS) is 11.4. The van der Waals surface area contributed by atoms with E-state index >= 15 is 0 Å². The molecule has 0 radical (unpaired) electrons. The van der Waals surface area contributed by atoms with Crippen molar-refractivity contribution in [2.75, 3.05) is 52.2 Å². The highest BCUT2D eigenvalue weighted by atomic mass is 35.7. The van der Waals surface area contributed by atoms with Crippen LogP contribution in [0.25, 0.3) is 33.8 Å². The third kappa shape index (κ3) is 15.5. The van der Waals surface area contributed by atoms with Gasteiger partial charge in [-0.2, -0.15) is 4.57 Å². The minimum absolute atomic E-state index is 0. The van der Waals surface area contributed by atoms with Crippen LogP contribution < -0.4 is 34.2 Å². The van der Waals surface area contributed by atoms with E-state index in [-0.39, 0.29) is 19.0 Å². The van der Waals surface area contributed by atoms with Gasteiger partial charge in [-0.15, -0.1) is 0 Å². The third-order valence-electron chi connectivity index (χ3n) is 8.80. The quantitative estimate of drug-likeness (QED) is 0.106. The molecule has 0 bridgehead atoms. The maximum Gasteiger partial charge on any atom is 0.474 e. The lowest BCUT2D eigenvalue weighted by molar-refractivity contribution is -0.687. The van der Waals surface area contributed by atoms with Crippen LogP contribution in [0.15, 0.2) is 110 Å². The maximum atomic E-state index is 11.8. The van der Waals surface area contributed by atoms with Gasteiger partial charge >= 0.3 is 14.8 Å². The summed E-state index contributed by atoms with van der Waals surface area (Å²) in [6, 6.07) is 24.4. The van der Waals surface area contributed by atoms with Crippen molar-refractivity contribution in [3.63, 3.8) is 0 Å². The molecule has 16 nitrogen and oxygen atoms in total. The molecule has 4 heterocycles. The maximum absolute atomic E-state index is 11.8. The second-order valence-electron chi connectivity index (χ2n) is 12.7. The molecule has 0 aliphatic carbocycles. The lowest BCUT2D eigenvalue weighted by Crippen LogP contribution is -3.00. The fourth-order valence-electron chi connectivity index (χ4n) is 5.83. The number of anilines is 3. The van der Waals surface area contributed by atoms with Crippen LogP contribution >= 0.6 is 26.0 Å². The Bertz CT molecular complexity index is 2350. The largest absolute Gasteiger partial charge is 1.00 e. The number of phosphoric acid groups is 1. The number of hydrogen-bond donors (Lipinski definition) is 3. The van der Waals surface area contributed by atoms with Crippen LogP contribution in [0.4, 0.5) is 17.5 Å². The minimum atomic E-state index is -3.46. The van der Waals surface area contributed by atoms with E-state index in [0.717, 1.165) is 53.9 Å². The van der Waals surface area contributed by atoms with Gasteiger partial charge in [-0.05, 0) is 35.6 Å². The van der Waals surface area contributed by atoms with Crippen molar-refractivity contribution < 1.29 is 48.7 Å². The van der Waals surface area contributed by atoms with Crippen molar-refractivity contribution in [3.8, 4) is 33.8 Å². The van der Waals surface area contributed by atoms with Crippen molar-refractivity contribution in [1.82, 2.24) is 24.9 Å². The van der Waals surface area contributed by atoms with Crippen LogP contribution in [0.2, 0.25) is 0 Å². The molecule has 6 aromatic rings. The average Bonchev–Trinajstić information content (AvgIpc) is 3.28. The number of nitrogen functional groups attached to an aromatic ring is 3. The molecule has 3 aromatic heterocycles. The van der Waals surface area contributed by atoms with E-state index in [2.05, 4.69) is 87.9 Å². The molecule has 3 aromatic carbocycles. The molecule has 0 spiro atoms. The van der Waals surface area contributed by atoms with Crippen molar-refractivity contribution in [2.45, 2.75) is 39.2 Å². The Morgan fingerprint density at radius 3 is 1.61 bits per heavy atom. The fraction of sp³-hybridized carbons (Fsp3) is 0.268. The topological polar surface area (TPSA) is 227 Å². The van der Waals surface area contributed by atoms with Crippen LogP contribution in [0.3, 0.4) is 0 Å². The Morgan fingerprint density at radius 1 is 0.639 bits per heavy atom. The Hall–Kier alpha value is -4.86. The van der Waals surface area contributed by atoms with Crippen LogP contribution in [0, 0.1) is 0 Å². The molecule has 20 heteroatoms. The van der Waals surface area contributed by atoms with Gasteiger partial charge in [-0.25, -0.2) is 24.1 Å². The number of nitrogens with zero attached hydrogens (tertiary/aromatic N) is 6. The smallest absolute Gasteiger partial charge is 0.474 e. The van der Waals surface area contributed by atoms with Crippen molar-refractivity contribution >= 4 is 43.5 Å². The molecular weight excluding hydrogens is 863 g/mol. The van der Waals surface area contributed by atoms with Crippen LogP contribution in [-0.4, -0.2) is 60.0 Å². The number of aromatic nitrogens is 6. The number of halogens is 2. The van der Waals surface area contributed by atoms with Gasteiger partial charge in [0.05, 0.1) is 48.3 Å². The summed E-state index contributed by atoms with van der Waals surface area (Å²) in [6.07, 6.45) is 14.0. The summed E-state index contributed by atoms with van der Waals surface area (Å²) in [5.41, 5.74) is 26.5. The molecule has 0 amide bonds. The van der Waals surface area contributed by atoms with Crippen molar-refractivity contribution in [2.24, 2.45) is 0 Å². The minimum Gasteiger partial charge on any atom is -1.00 e. The monoisotopic (exact) mass is 913 g/mol. The second kappa shape index (κ2) is 25.2. The van der Waals surface area contributed by atoms with Gasteiger partial charge in [-0.3, -0.25) is 23.5 Å². The Labute approximate surface area is 367 Å². The molecule has 1 aliphatic rings. The number of benzene rings is 3. The lowest BCUT2D eigenvalue weighted by Gasteiger charge is -2.14. The Balaban J connectivity index is 0.000000228. The van der Waals surface area contributed by atoms with E-state index in [9.17, 15) is 9.13 Å². The summed E-state index contributed by atoms with van der Waals surface area (Å²) < 4.78 is 47.3. The number of nitrogens with two attached hydrogens (primary N) is 3. The predicted octanol–water partition coefficient (Wildman–Crippen LogP) is 5.17. The van der Waals surface area contributed by atoms with E-state index in [0.29, 0.717) is 29.6 Å². The number of phosphoric ester groups is 1.